The number of aliphatic hydroxyl groups is 4. The van der Waals surface area contributed by atoms with Crippen LogP contribution in [0.1, 0.15) is 5.56 Å². The maximum Gasteiger partial charge on any atom is 0.276 e. The Kier molecular flexibility index (Phi) is 6.62. The fourth-order valence-corrected chi connectivity index (χ4v) is 1.96. The van der Waals surface area contributed by atoms with Crippen LogP contribution in [0.4, 0.5) is 0 Å². The normalized spacial score (nSPS) is 19.6. The van der Waals surface area contributed by atoms with E-state index in [0.717, 1.165) is 11.8 Å². The summed E-state index contributed by atoms with van der Waals surface area (Å²) in [4.78, 5) is 15.8. The van der Waals surface area contributed by atoms with Gasteiger partial charge < -0.3 is 20.4 Å². The predicted octanol–water partition coefficient (Wildman–Crippen LogP) is -1.18. The summed E-state index contributed by atoms with van der Waals surface area (Å²) in [5.74, 6) is -0.408. The largest absolute Gasteiger partial charge is 0.394 e. The van der Waals surface area contributed by atoms with Crippen molar-refractivity contribution in [1.29, 1.82) is 0 Å². The molecule has 0 aromatic heterocycles. The van der Waals surface area contributed by atoms with Gasteiger partial charge in [0.2, 0.25) is 5.96 Å². The number of carbonyl (C=O) groups is 1. The standard InChI is InChI=1S/C15H17ClN4O5/c16-9-3-1-8(2-4-9)5-10-14(25)19-15(18-10)20-17-6-11(22)13(24)12(23)7-21/h1-6,11-13,21-24H,7H2,(H2,18,19,20,25)/b10-5-,17-6+/t11-,12+,13+/m0/s1. The fourth-order valence-electron chi connectivity index (χ4n) is 1.84. The SMILES string of the molecule is O=C1NC(N/N=C/[C@H](O)[C@@H](O)[C@H](O)CO)=N/C1=C\c1ccc(Cl)cc1. The Morgan fingerprint density at radius 2 is 1.96 bits per heavy atom. The summed E-state index contributed by atoms with van der Waals surface area (Å²) in [7, 11) is 0. The van der Waals surface area contributed by atoms with Crippen molar-refractivity contribution in [2.24, 2.45) is 10.1 Å². The van der Waals surface area contributed by atoms with Gasteiger partial charge in [-0.05, 0) is 23.8 Å². The molecule has 10 heteroatoms. The van der Waals surface area contributed by atoms with Gasteiger partial charge >= 0.3 is 0 Å². The van der Waals surface area contributed by atoms with Crippen molar-refractivity contribution in [2.45, 2.75) is 18.3 Å². The Morgan fingerprint density at radius 3 is 2.60 bits per heavy atom. The highest BCUT2D eigenvalue weighted by molar-refractivity contribution is 6.30. The molecule has 1 aliphatic rings. The smallest absolute Gasteiger partial charge is 0.276 e. The van der Waals surface area contributed by atoms with E-state index in [4.69, 9.17) is 16.7 Å². The number of halogens is 1. The van der Waals surface area contributed by atoms with Gasteiger partial charge in [0.05, 0.1) is 12.8 Å². The number of guanidine groups is 1. The van der Waals surface area contributed by atoms with Gasteiger partial charge in [-0.3, -0.25) is 10.1 Å². The van der Waals surface area contributed by atoms with Gasteiger partial charge in [-0.2, -0.15) is 5.10 Å². The summed E-state index contributed by atoms with van der Waals surface area (Å²) < 4.78 is 0. The van der Waals surface area contributed by atoms with Crippen LogP contribution in [0.3, 0.4) is 0 Å². The Balaban J connectivity index is 1.98. The topological polar surface area (TPSA) is 147 Å². The summed E-state index contributed by atoms with van der Waals surface area (Å²) in [6.45, 7) is -0.707. The van der Waals surface area contributed by atoms with E-state index in [1.165, 1.54) is 0 Å². The van der Waals surface area contributed by atoms with E-state index in [1.807, 2.05) is 0 Å². The van der Waals surface area contributed by atoms with Crippen molar-refractivity contribution in [3.05, 3.63) is 40.5 Å². The number of aliphatic imine (C=N–C) groups is 1. The molecule has 0 unspecified atom stereocenters. The molecule has 9 nitrogen and oxygen atoms in total. The Hall–Kier alpha value is -2.30. The molecule has 2 rings (SSSR count). The summed E-state index contributed by atoms with van der Waals surface area (Å²) in [6.07, 6.45) is -2.16. The third-order valence-electron chi connectivity index (χ3n) is 3.20. The third kappa shape index (κ3) is 5.34. The number of nitrogens with one attached hydrogen (secondary N) is 2. The van der Waals surface area contributed by atoms with Crippen LogP contribution in [0.2, 0.25) is 5.02 Å². The van der Waals surface area contributed by atoms with Crippen LogP contribution < -0.4 is 10.7 Å². The number of aliphatic hydroxyl groups excluding tert-OH is 4. The highest BCUT2D eigenvalue weighted by Crippen LogP contribution is 2.14. The van der Waals surface area contributed by atoms with Crippen molar-refractivity contribution in [3.8, 4) is 0 Å². The number of hydrazone groups is 1. The molecule has 6 N–H and O–H groups in total. The fraction of sp³-hybridized carbons (Fsp3) is 0.267. The first-order chi connectivity index (χ1) is 11.9. The highest BCUT2D eigenvalue weighted by Gasteiger charge is 2.23. The monoisotopic (exact) mass is 368 g/mol. The lowest BCUT2D eigenvalue weighted by atomic mass is 10.1. The average molecular weight is 369 g/mol. The van der Waals surface area contributed by atoms with E-state index < -0.39 is 30.8 Å². The molecule has 0 radical (unpaired) electrons. The minimum atomic E-state index is -1.60. The minimum absolute atomic E-state index is 0.0332. The molecule has 0 aliphatic carbocycles. The molecule has 25 heavy (non-hydrogen) atoms. The summed E-state index contributed by atoms with van der Waals surface area (Å²) >= 11 is 5.79. The molecule has 1 aromatic rings. The predicted molar refractivity (Wildman–Crippen MR) is 91.7 cm³/mol. The Bertz CT molecular complexity index is 704. The summed E-state index contributed by atoms with van der Waals surface area (Å²) in [6, 6.07) is 6.82. The van der Waals surface area contributed by atoms with Crippen LogP contribution in [0, 0.1) is 0 Å². The molecule has 0 saturated heterocycles. The van der Waals surface area contributed by atoms with Crippen molar-refractivity contribution >= 4 is 35.8 Å². The summed E-state index contributed by atoms with van der Waals surface area (Å²) in [5.41, 5.74) is 3.28. The second-order valence-corrected chi connectivity index (χ2v) is 5.55. The molecular formula is C15H17ClN4O5. The van der Waals surface area contributed by atoms with Gasteiger partial charge in [0.15, 0.2) is 0 Å². The quantitative estimate of drug-likeness (QED) is 0.211. The lowest BCUT2D eigenvalue weighted by Gasteiger charge is -2.17. The maximum absolute atomic E-state index is 11.8. The first-order valence-electron chi connectivity index (χ1n) is 7.22. The van der Waals surface area contributed by atoms with Gasteiger partial charge in [0.25, 0.3) is 5.91 Å². The van der Waals surface area contributed by atoms with E-state index in [0.29, 0.717) is 5.02 Å². The van der Waals surface area contributed by atoms with Crippen LogP contribution in [-0.4, -0.2) is 63.4 Å². The molecule has 0 saturated carbocycles. The highest BCUT2D eigenvalue weighted by atomic mass is 35.5. The Labute approximate surface area is 148 Å². The third-order valence-corrected chi connectivity index (χ3v) is 3.45. The Morgan fingerprint density at radius 1 is 1.28 bits per heavy atom. The molecule has 3 atom stereocenters. The van der Waals surface area contributed by atoms with Gasteiger partial charge in [-0.15, -0.1) is 0 Å². The lowest BCUT2D eigenvalue weighted by molar-refractivity contribution is -0.115. The van der Waals surface area contributed by atoms with Crippen LogP contribution >= 0.6 is 11.6 Å². The number of amides is 1. The van der Waals surface area contributed by atoms with Crippen LogP contribution in [0.15, 0.2) is 40.1 Å². The van der Waals surface area contributed by atoms with Gasteiger partial charge in [-0.25, -0.2) is 10.4 Å². The second-order valence-electron chi connectivity index (χ2n) is 5.12. The molecule has 0 bridgehead atoms. The van der Waals surface area contributed by atoms with Crippen LogP contribution in [-0.2, 0) is 4.79 Å². The van der Waals surface area contributed by atoms with Gasteiger partial charge in [0, 0.05) is 5.02 Å². The molecule has 1 heterocycles. The zero-order chi connectivity index (χ0) is 18.4. The number of nitrogens with zero attached hydrogens (tertiary/aromatic N) is 2. The minimum Gasteiger partial charge on any atom is -0.394 e. The molecule has 0 spiro atoms. The maximum atomic E-state index is 11.8. The second kappa shape index (κ2) is 8.70. The molecular weight excluding hydrogens is 352 g/mol. The zero-order valence-corrected chi connectivity index (χ0v) is 13.6. The molecule has 1 aromatic carbocycles. The van der Waals surface area contributed by atoms with Crippen LogP contribution in [0.5, 0.6) is 0 Å². The number of benzene rings is 1. The lowest BCUT2D eigenvalue weighted by Crippen LogP contribution is -2.41. The van der Waals surface area contributed by atoms with E-state index in [1.54, 1.807) is 30.3 Å². The van der Waals surface area contributed by atoms with E-state index >= 15 is 0 Å². The first kappa shape index (κ1) is 19.0. The van der Waals surface area contributed by atoms with Gasteiger partial charge in [-0.1, -0.05) is 23.7 Å². The number of rotatable bonds is 6. The van der Waals surface area contributed by atoms with Crippen LogP contribution in [0.25, 0.3) is 6.08 Å². The van der Waals surface area contributed by atoms with E-state index in [-0.39, 0.29) is 11.7 Å². The van der Waals surface area contributed by atoms with E-state index in [2.05, 4.69) is 20.8 Å². The number of carbonyl (C=O) groups excluding carboxylic acids is 1. The number of hydrogen-bond acceptors (Lipinski definition) is 8. The molecule has 134 valence electrons. The van der Waals surface area contributed by atoms with Crippen molar-refractivity contribution in [1.82, 2.24) is 10.7 Å². The number of hydrogen-bond donors (Lipinski definition) is 6. The summed E-state index contributed by atoms with van der Waals surface area (Å²) in [5, 5.41) is 43.5. The van der Waals surface area contributed by atoms with Crippen molar-refractivity contribution in [3.63, 3.8) is 0 Å². The molecule has 0 fully saturated rings. The van der Waals surface area contributed by atoms with E-state index in [9.17, 15) is 20.1 Å². The average Bonchev–Trinajstić information content (AvgIpc) is 2.94. The van der Waals surface area contributed by atoms with Crippen molar-refractivity contribution in [2.75, 3.05) is 6.61 Å². The zero-order valence-electron chi connectivity index (χ0n) is 12.9. The first-order valence-corrected chi connectivity index (χ1v) is 7.60. The van der Waals surface area contributed by atoms with Gasteiger partial charge in [0.1, 0.15) is 24.0 Å². The molecule has 1 aliphatic heterocycles. The molecule has 1 amide bonds. The van der Waals surface area contributed by atoms with Crippen molar-refractivity contribution < 1.29 is 25.2 Å².